The molecule has 1 heterocycles. The Kier molecular flexibility index (Phi) is 4.43. The minimum Gasteiger partial charge on any atom is -0.467 e. The fraction of sp³-hybridized carbons (Fsp3) is 0.182. The predicted octanol–water partition coefficient (Wildman–Crippen LogP) is 1.34. The van der Waals surface area contributed by atoms with Crippen LogP contribution in [0.15, 0.2) is 29.2 Å². The zero-order valence-electron chi connectivity index (χ0n) is 11.1. The lowest BCUT2D eigenvalue weighted by Gasteiger charge is -2.08. The van der Waals surface area contributed by atoms with Crippen LogP contribution >= 0.6 is 11.6 Å². The minimum atomic E-state index is -3.85. The number of anilines is 1. The highest BCUT2D eigenvalue weighted by Crippen LogP contribution is 2.18. The molecule has 0 amide bonds. The van der Waals surface area contributed by atoms with Gasteiger partial charge in [-0.25, -0.2) is 13.1 Å². The number of aromatic nitrogens is 3. The monoisotopic (exact) mass is 330 g/mol. The molecule has 10 heteroatoms. The third-order valence-corrected chi connectivity index (χ3v) is 3.91. The lowest BCUT2D eigenvalue weighted by molar-refractivity contribution is 0.341. The minimum absolute atomic E-state index is 0.0187. The molecule has 0 fully saturated rings. The highest BCUT2D eigenvalue weighted by Gasteiger charge is 2.17. The molecule has 112 valence electrons. The van der Waals surface area contributed by atoms with Gasteiger partial charge in [0.1, 0.15) is 0 Å². The molecule has 0 unspecified atom stereocenters. The summed E-state index contributed by atoms with van der Waals surface area (Å²) in [4.78, 5) is 11.4. The standard InChI is InChI=1S/C11H11ClN4O4S/c1-19-10-13-9(14-11(15-10)20-2)16-21(17,18)8-5-3-7(12)4-6-8/h3-6H,1-2H3,(H,13,14,15,16). The highest BCUT2D eigenvalue weighted by atomic mass is 35.5. The first-order valence-corrected chi connectivity index (χ1v) is 7.43. The summed E-state index contributed by atoms with van der Waals surface area (Å²) in [5.74, 6) is -0.214. The van der Waals surface area contributed by atoms with E-state index in [9.17, 15) is 8.42 Å². The van der Waals surface area contributed by atoms with Crippen LogP contribution in [0.3, 0.4) is 0 Å². The molecule has 0 radical (unpaired) electrons. The molecule has 0 atom stereocenters. The van der Waals surface area contributed by atoms with E-state index in [-0.39, 0.29) is 22.9 Å². The Balaban J connectivity index is 2.34. The summed E-state index contributed by atoms with van der Waals surface area (Å²) < 4.78 is 36.2. The van der Waals surface area contributed by atoms with E-state index in [2.05, 4.69) is 19.7 Å². The number of benzene rings is 1. The van der Waals surface area contributed by atoms with Crippen LogP contribution in [-0.4, -0.2) is 37.6 Å². The normalized spacial score (nSPS) is 11.0. The quantitative estimate of drug-likeness (QED) is 0.882. The van der Waals surface area contributed by atoms with Crippen molar-refractivity contribution in [1.29, 1.82) is 0 Å². The number of rotatable bonds is 5. The number of sulfonamides is 1. The number of nitrogens with zero attached hydrogens (tertiary/aromatic N) is 3. The van der Waals surface area contributed by atoms with Gasteiger partial charge in [0, 0.05) is 5.02 Å². The van der Waals surface area contributed by atoms with Crippen molar-refractivity contribution in [3.63, 3.8) is 0 Å². The number of hydrogen-bond acceptors (Lipinski definition) is 7. The SMILES string of the molecule is COc1nc(NS(=O)(=O)c2ccc(Cl)cc2)nc(OC)n1. The summed E-state index contributed by atoms with van der Waals surface area (Å²) in [6.45, 7) is 0. The maximum absolute atomic E-state index is 12.2. The van der Waals surface area contributed by atoms with Crippen LogP contribution in [0.25, 0.3) is 0 Å². The fourth-order valence-corrected chi connectivity index (χ4v) is 2.43. The van der Waals surface area contributed by atoms with E-state index in [4.69, 9.17) is 21.1 Å². The number of methoxy groups -OCH3 is 2. The Morgan fingerprint density at radius 1 is 1.00 bits per heavy atom. The molecule has 2 aromatic rings. The van der Waals surface area contributed by atoms with Gasteiger partial charge in [-0.2, -0.15) is 9.97 Å². The third-order valence-electron chi connectivity index (χ3n) is 2.31. The Morgan fingerprint density at radius 2 is 1.52 bits per heavy atom. The second-order valence-corrected chi connectivity index (χ2v) is 5.81. The Hall–Kier alpha value is -2.13. The summed E-state index contributed by atoms with van der Waals surface area (Å²) in [7, 11) is -1.17. The number of nitrogens with one attached hydrogen (secondary N) is 1. The van der Waals surface area contributed by atoms with Gasteiger partial charge in [0.2, 0.25) is 5.95 Å². The first-order chi connectivity index (χ1) is 9.94. The maximum atomic E-state index is 12.2. The van der Waals surface area contributed by atoms with Crippen LogP contribution in [0.2, 0.25) is 5.02 Å². The van der Waals surface area contributed by atoms with Crippen LogP contribution in [0, 0.1) is 0 Å². The van der Waals surface area contributed by atoms with Crippen molar-refractivity contribution in [2.24, 2.45) is 0 Å². The molecular formula is C11H11ClN4O4S. The van der Waals surface area contributed by atoms with E-state index in [0.717, 1.165) is 0 Å². The molecule has 0 aliphatic carbocycles. The summed E-state index contributed by atoms with van der Waals surface area (Å²) in [5.41, 5.74) is 0. The third kappa shape index (κ3) is 3.70. The van der Waals surface area contributed by atoms with Gasteiger partial charge in [-0.1, -0.05) is 11.6 Å². The van der Waals surface area contributed by atoms with Crippen LogP contribution in [0.1, 0.15) is 0 Å². The lowest BCUT2D eigenvalue weighted by atomic mass is 10.4. The van der Waals surface area contributed by atoms with Crippen molar-refractivity contribution >= 4 is 27.6 Å². The van der Waals surface area contributed by atoms with Gasteiger partial charge < -0.3 is 9.47 Å². The fourth-order valence-electron chi connectivity index (χ4n) is 1.36. The largest absolute Gasteiger partial charge is 0.467 e. The molecule has 1 aromatic carbocycles. The van der Waals surface area contributed by atoms with E-state index in [0.29, 0.717) is 5.02 Å². The van der Waals surface area contributed by atoms with Crippen molar-refractivity contribution in [1.82, 2.24) is 15.0 Å². The molecule has 21 heavy (non-hydrogen) atoms. The summed E-state index contributed by atoms with van der Waals surface area (Å²) in [6, 6.07) is 5.50. The molecule has 0 aliphatic heterocycles. The van der Waals surface area contributed by atoms with Crippen LogP contribution in [0.5, 0.6) is 12.0 Å². The van der Waals surface area contributed by atoms with Gasteiger partial charge in [-0.15, -0.1) is 4.98 Å². The average Bonchev–Trinajstić information content (AvgIpc) is 2.46. The second-order valence-electron chi connectivity index (χ2n) is 3.69. The van der Waals surface area contributed by atoms with Gasteiger partial charge in [-0.3, -0.25) is 0 Å². The number of hydrogen-bond donors (Lipinski definition) is 1. The predicted molar refractivity (Wildman–Crippen MR) is 75.2 cm³/mol. The van der Waals surface area contributed by atoms with E-state index in [1.54, 1.807) is 0 Å². The molecule has 0 spiro atoms. The molecule has 0 saturated carbocycles. The topological polar surface area (TPSA) is 103 Å². The highest BCUT2D eigenvalue weighted by molar-refractivity contribution is 7.92. The van der Waals surface area contributed by atoms with Crippen LogP contribution in [0.4, 0.5) is 5.95 Å². The van der Waals surface area contributed by atoms with Gasteiger partial charge in [-0.05, 0) is 24.3 Å². The van der Waals surface area contributed by atoms with Crippen molar-refractivity contribution < 1.29 is 17.9 Å². The average molecular weight is 331 g/mol. The molecule has 0 saturated heterocycles. The maximum Gasteiger partial charge on any atom is 0.324 e. The lowest BCUT2D eigenvalue weighted by Crippen LogP contribution is -2.16. The first-order valence-electron chi connectivity index (χ1n) is 5.57. The van der Waals surface area contributed by atoms with Gasteiger partial charge in [0.05, 0.1) is 19.1 Å². The van der Waals surface area contributed by atoms with E-state index in [1.165, 1.54) is 38.5 Å². The molecule has 0 aliphatic rings. The first kappa shape index (κ1) is 15.3. The van der Waals surface area contributed by atoms with Gasteiger partial charge >= 0.3 is 12.0 Å². The number of ether oxygens (including phenoxy) is 2. The molecule has 2 rings (SSSR count). The molecule has 1 N–H and O–H groups in total. The van der Waals surface area contributed by atoms with Crippen molar-refractivity contribution in [3.8, 4) is 12.0 Å². The zero-order chi connectivity index (χ0) is 15.5. The van der Waals surface area contributed by atoms with E-state index < -0.39 is 10.0 Å². The van der Waals surface area contributed by atoms with Crippen LogP contribution in [-0.2, 0) is 10.0 Å². The second kappa shape index (κ2) is 6.10. The molecule has 1 aromatic heterocycles. The summed E-state index contributed by atoms with van der Waals surface area (Å²) >= 11 is 5.72. The van der Waals surface area contributed by atoms with Crippen molar-refractivity contribution in [3.05, 3.63) is 29.3 Å². The number of halogens is 1. The Bertz CT molecular complexity index is 714. The molecule has 8 nitrogen and oxygen atoms in total. The van der Waals surface area contributed by atoms with Gasteiger partial charge in [0.15, 0.2) is 0 Å². The Labute approximate surface area is 126 Å². The smallest absolute Gasteiger partial charge is 0.324 e. The molecule has 0 bridgehead atoms. The summed E-state index contributed by atoms with van der Waals surface area (Å²) in [6.07, 6.45) is 0. The van der Waals surface area contributed by atoms with Crippen molar-refractivity contribution in [2.45, 2.75) is 4.90 Å². The van der Waals surface area contributed by atoms with E-state index >= 15 is 0 Å². The molecular weight excluding hydrogens is 320 g/mol. The van der Waals surface area contributed by atoms with Crippen molar-refractivity contribution in [2.75, 3.05) is 18.9 Å². The zero-order valence-corrected chi connectivity index (χ0v) is 12.6. The summed E-state index contributed by atoms with van der Waals surface area (Å²) in [5, 5.41) is 0.428. The Morgan fingerprint density at radius 3 is 2.00 bits per heavy atom. The van der Waals surface area contributed by atoms with E-state index in [1.807, 2.05) is 0 Å². The van der Waals surface area contributed by atoms with Crippen LogP contribution < -0.4 is 14.2 Å². The van der Waals surface area contributed by atoms with Gasteiger partial charge in [0.25, 0.3) is 10.0 Å².